The molecule has 0 aliphatic heterocycles. The van der Waals surface area contributed by atoms with Crippen LogP contribution < -0.4 is 16.4 Å². The van der Waals surface area contributed by atoms with E-state index in [9.17, 15) is 18.8 Å². The van der Waals surface area contributed by atoms with Crippen LogP contribution in [-0.2, 0) is 20.8 Å². The minimum Gasteiger partial charge on any atom is -0.368 e. The lowest BCUT2D eigenvalue weighted by Crippen LogP contribution is -2.53. The first kappa shape index (κ1) is 19.3. The molecule has 0 saturated heterocycles. The summed E-state index contributed by atoms with van der Waals surface area (Å²) in [5.41, 5.74) is 5.82. The number of rotatable bonds is 9. The van der Waals surface area contributed by atoms with Gasteiger partial charge in [-0.3, -0.25) is 14.4 Å². The Labute approximate surface area is 140 Å². The Kier molecular flexibility index (Phi) is 7.61. The average molecular weight is 335 g/mol. The number of hydrogen-bond donors (Lipinski definition) is 3. The number of halogens is 1. The molecule has 0 spiro atoms. The molecule has 3 amide bonds. The van der Waals surface area contributed by atoms with Gasteiger partial charge in [0.2, 0.25) is 17.7 Å². The van der Waals surface area contributed by atoms with Crippen LogP contribution in [0.25, 0.3) is 0 Å². The Morgan fingerprint density at radius 1 is 1.29 bits per heavy atom. The topological polar surface area (TPSA) is 101 Å². The zero-order chi connectivity index (χ0) is 18.1. The average Bonchev–Trinajstić information content (AvgIpc) is 2.49. The molecule has 0 radical (unpaired) electrons. The standard InChI is InChI=1S/C17H22FN3O3/c1-3-4-8-14(16(19)23)21-17(24)15(20-11(2)22)10-12-6-5-7-13(18)9-12/h3,5-7,9,14-15H,1,4,8,10H2,2H3,(H2,19,23)(H,20,22)(H,21,24)/t14-,15+/m0/s1. The predicted octanol–water partition coefficient (Wildman–Crippen LogP) is 0.809. The largest absolute Gasteiger partial charge is 0.368 e. The summed E-state index contributed by atoms with van der Waals surface area (Å²) in [6.45, 7) is 4.83. The first-order chi connectivity index (χ1) is 11.3. The molecule has 0 saturated carbocycles. The van der Waals surface area contributed by atoms with E-state index in [4.69, 9.17) is 5.73 Å². The van der Waals surface area contributed by atoms with Crippen LogP contribution in [0.2, 0.25) is 0 Å². The number of hydrogen-bond acceptors (Lipinski definition) is 3. The summed E-state index contributed by atoms with van der Waals surface area (Å²) in [6.07, 6.45) is 2.52. The van der Waals surface area contributed by atoms with E-state index < -0.39 is 35.6 Å². The van der Waals surface area contributed by atoms with Crippen molar-refractivity contribution in [3.63, 3.8) is 0 Å². The van der Waals surface area contributed by atoms with E-state index in [0.29, 0.717) is 18.4 Å². The highest BCUT2D eigenvalue weighted by molar-refractivity contribution is 5.91. The Balaban J connectivity index is 2.85. The number of nitrogens with one attached hydrogen (secondary N) is 2. The van der Waals surface area contributed by atoms with E-state index in [-0.39, 0.29) is 6.42 Å². The van der Waals surface area contributed by atoms with Gasteiger partial charge < -0.3 is 16.4 Å². The van der Waals surface area contributed by atoms with E-state index in [1.807, 2.05) is 0 Å². The molecule has 0 aliphatic carbocycles. The summed E-state index contributed by atoms with van der Waals surface area (Å²) < 4.78 is 13.3. The molecular weight excluding hydrogens is 313 g/mol. The summed E-state index contributed by atoms with van der Waals surface area (Å²) in [6, 6.07) is 3.94. The zero-order valence-electron chi connectivity index (χ0n) is 13.5. The Hall–Kier alpha value is -2.70. The predicted molar refractivity (Wildman–Crippen MR) is 88.3 cm³/mol. The van der Waals surface area contributed by atoms with Crippen molar-refractivity contribution >= 4 is 17.7 Å². The molecular formula is C17H22FN3O3. The van der Waals surface area contributed by atoms with Gasteiger partial charge in [0.1, 0.15) is 17.9 Å². The molecule has 0 unspecified atom stereocenters. The van der Waals surface area contributed by atoms with Gasteiger partial charge in [-0.25, -0.2) is 4.39 Å². The number of carbonyl (C=O) groups excluding carboxylic acids is 3. The fraction of sp³-hybridized carbons (Fsp3) is 0.353. The number of primary amides is 1. The Morgan fingerprint density at radius 2 is 2.00 bits per heavy atom. The normalized spacial score (nSPS) is 12.8. The summed E-state index contributed by atoms with van der Waals surface area (Å²) in [5, 5.41) is 5.02. The summed E-state index contributed by atoms with van der Waals surface area (Å²) >= 11 is 0. The van der Waals surface area contributed by atoms with Crippen molar-refractivity contribution in [2.45, 2.75) is 38.3 Å². The van der Waals surface area contributed by atoms with Gasteiger partial charge >= 0.3 is 0 Å². The highest BCUT2D eigenvalue weighted by Crippen LogP contribution is 2.08. The molecule has 6 nitrogen and oxygen atoms in total. The lowest BCUT2D eigenvalue weighted by Gasteiger charge is -2.21. The fourth-order valence-corrected chi connectivity index (χ4v) is 2.20. The van der Waals surface area contributed by atoms with Crippen LogP contribution in [0.1, 0.15) is 25.3 Å². The van der Waals surface area contributed by atoms with E-state index >= 15 is 0 Å². The van der Waals surface area contributed by atoms with Gasteiger partial charge in [0.15, 0.2) is 0 Å². The van der Waals surface area contributed by atoms with Crippen LogP contribution in [0.4, 0.5) is 4.39 Å². The van der Waals surface area contributed by atoms with Crippen LogP contribution in [0.5, 0.6) is 0 Å². The smallest absolute Gasteiger partial charge is 0.243 e. The first-order valence-corrected chi connectivity index (χ1v) is 7.55. The molecule has 2 atom stereocenters. The molecule has 7 heteroatoms. The molecule has 0 bridgehead atoms. The third-order valence-electron chi connectivity index (χ3n) is 3.34. The van der Waals surface area contributed by atoms with Crippen molar-refractivity contribution in [2.24, 2.45) is 5.73 Å². The van der Waals surface area contributed by atoms with Gasteiger partial charge in [0.25, 0.3) is 0 Å². The van der Waals surface area contributed by atoms with Crippen LogP contribution in [0, 0.1) is 5.82 Å². The van der Waals surface area contributed by atoms with Crippen molar-refractivity contribution in [1.29, 1.82) is 0 Å². The van der Waals surface area contributed by atoms with Crippen molar-refractivity contribution in [3.05, 3.63) is 48.3 Å². The minimum absolute atomic E-state index is 0.0934. The fourth-order valence-electron chi connectivity index (χ4n) is 2.20. The van der Waals surface area contributed by atoms with Gasteiger partial charge in [-0.05, 0) is 30.5 Å². The SMILES string of the molecule is C=CCC[C@H](NC(=O)[C@@H](Cc1cccc(F)c1)NC(C)=O)C(N)=O. The second kappa shape index (κ2) is 9.44. The molecule has 0 aromatic heterocycles. The Morgan fingerprint density at radius 3 is 2.54 bits per heavy atom. The highest BCUT2D eigenvalue weighted by Gasteiger charge is 2.24. The number of nitrogens with two attached hydrogens (primary N) is 1. The molecule has 1 aromatic rings. The number of benzene rings is 1. The maximum atomic E-state index is 13.3. The third-order valence-corrected chi connectivity index (χ3v) is 3.34. The first-order valence-electron chi connectivity index (χ1n) is 7.55. The molecule has 130 valence electrons. The second-order valence-electron chi connectivity index (χ2n) is 5.42. The lowest BCUT2D eigenvalue weighted by atomic mass is 10.0. The molecule has 1 aromatic carbocycles. The van der Waals surface area contributed by atoms with Gasteiger partial charge in [-0.1, -0.05) is 18.2 Å². The quantitative estimate of drug-likeness (QED) is 0.582. The van der Waals surface area contributed by atoms with Gasteiger partial charge in [-0.15, -0.1) is 6.58 Å². The number of amides is 3. The summed E-state index contributed by atoms with van der Waals surface area (Å²) in [5.74, 6) is -2.07. The van der Waals surface area contributed by atoms with Gasteiger partial charge in [0.05, 0.1) is 0 Å². The molecule has 4 N–H and O–H groups in total. The molecule has 0 fully saturated rings. The molecule has 1 rings (SSSR count). The van der Waals surface area contributed by atoms with Crippen molar-refractivity contribution < 1.29 is 18.8 Å². The highest BCUT2D eigenvalue weighted by atomic mass is 19.1. The second-order valence-corrected chi connectivity index (χ2v) is 5.42. The van der Waals surface area contributed by atoms with Crippen LogP contribution >= 0.6 is 0 Å². The maximum absolute atomic E-state index is 13.3. The number of carbonyl (C=O) groups is 3. The van der Waals surface area contributed by atoms with Crippen molar-refractivity contribution in [1.82, 2.24) is 10.6 Å². The summed E-state index contributed by atoms with van der Waals surface area (Å²) in [4.78, 5) is 35.2. The van der Waals surface area contributed by atoms with E-state index in [1.54, 1.807) is 12.1 Å². The van der Waals surface area contributed by atoms with Crippen LogP contribution in [0.3, 0.4) is 0 Å². The molecule has 0 aliphatic rings. The lowest BCUT2D eigenvalue weighted by molar-refractivity contribution is -0.130. The van der Waals surface area contributed by atoms with Crippen molar-refractivity contribution in [3.8, 4) is 0 Å². The minimum atomic E-state index is -0.935. The monoisotopic (exact) mass is 335 g/mol. The van der Waals surface area contributed by atoms with E-state index in [0.717, 1.165) is 0 Å². The Bertz CT molecular complexity index is 619. The summed E-state index contributed by atoms with van der Waals surface area (Å²) in [7, 11) is 0. The van der Waals surface area contributed by atoms with Crippen LogP contribution in [0.15, 0.2) is 36.9 Å². The maximum Gasteiger partial charge on any atom is 0.243 e. The molecule has 0 heterocycles. The van der Waals surface area contributed by atoms with Crippen LogP contribution in [-0.4, -0.2) is 29.8 Å². The van der Waals surface area contributed by atoms with Gasteiger partial charge in [0, 0.05) is 13.3 Å². The number of allylic oxidation sites excluding steroid dienone is 1. The van der Waals surface area contributed by atoms with E-state index in [2.05, 4.69) is 17.2 Å². The third kappa shape index (κ3) is 6.60. The van der Waals surface area contributed by atoms with Gasteiger partial charge in [-0.2, -0.15) is 0 Å². The van der Waals surface area contributed by atoms with E-state index in [1.165, 1.54) is 25.1 Å². The van der Waals surface area contributed by atoms with Crippen molar-refractivity contribution in [2.75, 3.05) is 0 Å². The molecule has 24 heavy (non-hydrogen) atoms. The zero-order valence-corrected chi connectivity index (χ0v) is 13.5.